The molecule has 2 amide bonds. The molecule has 1 fully saturated rings. The molecule has 0 spiro atoms. The fourth-order valence-electron chi connectivity index (χ4n) is 3.40. The molecule has 0 atom stereocenters. The molecule has 27 heavy (non-hydrogen) atoms. The van der Waals surface area contributed by atoms with Gasteiger partial charge in [-0.15, -0.1) is 0 Å². The van der Waals surface area contributed by atoms with Crippen LogP contribution < -0.4 is 15.5 Å². The fraction of sp³-hybridized carbons (Fsp3) is 0.381. The third-order valence-corrected chi connectivity index (χ3v) is 4.89. The van der Waals surface area contributed by atoms with Crippen LogP contribution in [0.4, 0.5) is 11.4 Å². The number of carbonyl (C=O) groups excluding carboxylic acids is 2. The van der Waals surface area contributed by atoms with Gasteiger partial charge < -0.3 is 15.5 Å². The monoisotopic (exact) mass is 366 g/mol. The summed E-state index contributed by atoms with van der Waals surface area (Å²) in [6.45, 7) is 0.401. The molecule has 1 aliphatic rings. The van der Waals surface area contributed by atoms with Crippen LogP contribution in [0.1, 0.15) is 41.6 Å². The van der Waals surface area contributed by atoms with Crippen LogP contribution in [0, 0.1) is 5.92 Å². The van der Waals surface area contributed by atoms with Gasteiger partial charge in [0, 0.05) is 50.3 Å². The number of carbonyl (C=O) groups is 2. The Morgan fingerprint density at radius 1 is 1.19 bits per heavy atom. The summed E-state index contributed by atoms with van der Waals surface area (Å²) in [7, 11) is 3.79. The topological polar surface area (TPSA) is 74.3 Å². The molecular weight excluding hydrogens is 340 g/mol. The quantitative estimate of drug-likeness (QED) is 0.823. The molecule has 0 saturated heterocycles. The molecule has 0 radical (unpaired) electrons. The molecule has 142 valence electrons. The lowest BCUT2D eigenvalue weighted by atomic mass is 10.1. The van der Waals surface area contributed by atoms with Gasteiger partial charge in [0.2, 0.25) is 5.91 Å². The summed E-state index contributed by atoms with van der Waals surface area (Å²) in [6, 6.07) is 9.22. The van der Waals surface area contributed by atoms with E-state index in [1.165, 1.54) is 0 Å². The Morgan fingerprint density at radius 3 is 2.63 bits per heavy atom. The van der Waals surface area contributed by atoms with E-state index in [4.69, 9.17) is 0 Å². The molecule has 6 nitrogen and oxygen atoms in total. The first-order chi connectivity index (χ1) is 13.0. The van der Waals surface area contributed by atoms with Gasteiger partial charge in [0.15, 0.2) is 0 Å². The maximum absolute atomic E-state index is 12.8. The number of rotatable bonds is 6. The Balaban J connectivity index is 1.74. The average Bonchev–Trinajstić information content (AvgIpc) is 3.21. The summed E-state index contributed by atoms with van der Waals surface area (Å²) in [5.74, 6) is -0.0484. The second kappa shape index (κ2) is 8.66. The van der Waals surface area contributed by atoms with Gasteiger partial charge in [0.05, 0.1) is 5.56 Å². The summed E-state index contributed by atoms with van der Waals surface area (Å²) in [5, 5.41) is 5.90. The van der Waals surface area contributed by atoms with E-state index in [1.54, 1.807) is 18.5 Å². The SMILES string of the molecule is CN(C)c1ccc(NC(=O)C2CCCC2)cc1C(=O)NCc1cccnc1. The standard InChI is InChI=1S/C21H26N4O2/c1-25(2)19-10-9-17(24-20(26)16-7-3-4-8-16)12-18(19)21(27)23-14-15-6-5-11-22-13-15/h5-6,9-13,16H,3-4,7-8,14H2,1-2H3,(H,23,27)(H,24,26). The summed E-state index contributed by atoms with van der Waals surface area (Å²) < 4.78 is 0. The minimum Gasteiger partial charge on any atom is -0.377 e. The van der Waals surface area contributed by atoms with Gasteiger partial charge in [0.1, 0.15) is 0 Å². The molecule has 0 bridgehead atoms. The second-order valence-corrected chi connectivity index (χ2v) is 7.14. The van der Waals surface area contributed by atoms with Gasteiger partial charge in [-0.1, -0.05) is 18.9 Å². The Kier molecular flexibility index (Phi) is 6.06. The highest BCUT2D eigenvalue weighted by molar-refractivity contribution is 6.02. The van der Waals surface area contributed by atoms with E-state index in [9.17, 15) is 9.59 Å². The van der Waals surface area contributed by atoms with E-state index >= 15 is 0 Å². The van der Waals surface area contributed by atoms with Crippen LogP contribution >= 0.6 is 0 Å². The van der Waals surface area contributed by atoms with Crippen molar-refractivity contribution in [3.05, 3.63) is 53.9 Å². The van der Waals surface area contributed by atoms with Crippen LogP contribution in [0.15, 0.2) is 42.7 Å². The molecule has 2 N–H and O–H groups in total. The first kappa shape index (κ1) is 18.9. The zero-order valence-electron chi connectivity index (χ0n) is 15.9. The maximum Gasteiger partial charge on any atom is 0.253 e. The van der Waals surface area contributed by atoms with Crippen molar-refractivity contribution in [1.82, 2.24) is 10.3 Å². The molecule has 1 heterocycles. The zero-order chi connectivity index (χ0) is 19.2. The van der Waals surface area contributed by atoms with E-state index in [1.807, 2.05) is 43.3 Å². The van der Waals surface area contributed by atoms with Crippen molar-refractivity contribution in [2.45, 2.75) is 32.2 Å². The Labute approximate surface area is 160 Å². The molecule has 2 aromatic rings. The molecule has 1 aromatic heterocycles. The number of aromatic nitrogens is 1. The van der Waals surface area contributed by atoms with Crippen molar-refractivity contribution >= 4 is 23.2 Å². The summed E-state index contributed by atoms with van der Waals surface area (Å²) in [4.78, 5) is 31.1. The number of hydrogen-bond donors (Lipinski definition) is 2. The third-order valence-electron chi connectivity index (χ3n) is 4.89. The van der Waals surface area contributed by atoms with E-state index in [2.05, 4.69) is 15.6 Å². The number of nitrogens with zero attached hydrogens (tertiary/aromatic N) is 2. The first-order valence-electron chi connectivity index (χ1n) is 9.34. The summed E-state index contributed by atoms with van der Waals surface area (Å²) in [6.07, 6.45) is 7.54. The smallest absolute Gasteiger partial charge is 0.253 e. The largest absolute Gasteiger partial charge is 0.377 e. The van der Waals surface area contributed by atoms with Crippen LogP contribution in [0.3, 0.4) is 0 Å². The lowest BCUT2D eigenvalue weighted by Gasteiger charge is -2.19. The van der Waals surface area contributed by atoms with E-state index in [0.717, 1.165) is 36.9 Å². The van der Waals surface area contributed by atoms with Crippen molar-refractivity contribution in [3.8, 4) is 0 Å². The van der Waals surface area contributed by atoms with Crippen LogP contribution in [-0.4, -0.2) is 30.9 Å². The van der Waals surface area contributed by atoms with Gasteiger partial charge in [-0.2, -0.15) is 0 Å². The van der Waals surface area contributed by atoms with Gasteiger partial charge in [-0.05, 0) is 42.7 Å². The molecule has 3 rings (SSSR count). The number of pyridine rings is 1. The number of nitrogens with one attached hydrogen (secondary N) is 2. The van der Waals surface area contributed by atoms with Gasteiger partial charge >= 0.3 is 0 Å². The number of benzene rings is 1. The Morgan fingerprint density at radius 2 is 1.96 bits per heavy atom. The van der Waals surface area contributed by atoms with Crippen molar-refractivity contribution in [2.75, 3.05) is 24.3 Å². The van der Waals surface area contributed by atoms with Crippen LogP contribution in [0.2, 0.25) is 0 Å². The molecule has 1 aliphatic carbocycles. The average molecular weight is 366 g/mol. The van der Waals surface area contributed by atoms with Gasteiger partial charge in [0.25, 0.3) is 5.91 Å². The van der Waals surface area contributed by atoms with Crippen molar-refractivity contribution in [3.63, 3.8) is 0 Å². The van der Waals surface area contributed by atoms with Crippen molar-refractivity contribution in [2.24, 2.45) is 5.92 Å². The molecule has 0 unspecified atom stereocenters. The van der Waals surface area contributed by atoms with Crippen molar-refractivity contribution < 1.29 is 9.59 Å². The maximum atomic E-state index is 12.8. The summed E-state index contributed by atoms with van der Waals surface area (Å²) in [5.41, 5.74) is 2.93. The zero-order valence-corrected chi connectivity index (χ0v) is 15.9. The van der Waals surface area contributed by atoms with Gasteiger partial charge in [-0.25, -0.2) is 0 Å². The van der Waals surface area contributed by atoms with E-state index < -0.39 is 0 Å². The molecule has 1 aromatic carbocycles. The molecular formula is C21H26N4O2. The van der Waals surface area contributed by atoms with Crippen molar-refractivity contribution in [1.29, 1.82) is 0 Å². The lowest BCUT2D eigenvalue weighted by molar-refractivity contribution is -0.119. The molecule has 6 heteroatoms. The van der Waals surface area contributed by atoms with Gasteiger partial charge in [-0.3, -0.25) is 14.6 Å². The predicted molar refractivity (Wildman–Crippen MR) is 107 cm³/mol. The Bertz CT molecular complexity index is 799. The number of amides is 2. The fourth-order valence-corrected chi connectivity index (χ4v) is 3.40. The Hall–Kier alpha value is -2.89. The van der Waals surface area contributed by atoms with E-state index in [-0.39, 0.29) is 17.7 Å². The lowest BCUT2D eigenvalue weighted by Crippen LogP contribution is -2.26. The highest BCUT2D eigenvalue weighted by Crippen LogP contribution is 2.27. The minimum absolute atomic E-state index is 0.0480. The second-order valence-electron chi connectivity index (χ2n) is 7.14. The number of hydrogen-bond acceptors (Lipinski definition) is 4. The number of anilines is 2. The normalized spacial score (nSPS) is 14.0. The first-order valence-corrected chi connectivity index (χ1v) is 9.34. The van der Waals surface area contributed by atoms with Crippen LogP contribution in [0.25, 0.3) is 0 Å². The van der Waals surface area contributed by atoms with E-state index in [0.29, 0.717) is 17.8 Å². The molecule has 0 aliphatic heterocycles. The summed E-state index contributed by atoms with van der Waals surface area (Å²) >= 11 is 0. The minimum atomic E-state index is -0.181. The molecule has 1 saturated carbocycles. The third kappa shape index (κ3) is 4.84. The highest BCUT2D eigenvalue weighted by atomic mass is 16.2. The van der Waals surface area contributed by atoms with Crippen LogP contribution in [-0.2, 0) is 11.3 Å². The highest BCUT2D eigenvalue weighted by Gasteiger charge is 2.23. The van der Waals surface area contributed by atoms with Crippen LogP contribution in [0.5, 0.6) is 0 Å². The predicted octanol–water partition coefficient (Wildman–Crippen LogP) is 3.21.